The molecule has 8 N–H and O–H groups in total. The van der Waals surface area contributed by atoms with Gasteiger partial charge in [0, 0.05) is 5.75 Å². The normalized spacial score (nSPS) is 21.1. The van der Waals surface area contributed by atoms with Gasteiger partial charge in [-0.25, -0.2) is 0 Å². The van der Waals surface area contributed by atoms with Gasteiger partial charge in [-0.2, -0.15) is 12.6 Å². The van der Waals surface area contributed by atoms with Gasteiger partial charge < -0.3 is 41.1 Å². The minimum absolute atomic E-state index is 0.0595. The number of aliphatic hydroxyl groups is 6. The molecule has 0 aliphatic heterocycles. The third-order valence-corrected chi connectivity index (χ3v) is 2.70. The Bertz CT molecular complexity index is 281. The van der Waals surface area contributed by atoms with Gasteiger partial charge in [-0.3, -0.25) is 4.79 Å². The first-order valence-corrected chi connectivity index (χ1v) is 5.97. The molecular weight excluding hydrogens is 282 g/mol. The first kappa shape index (κ1) is 18.5. The summed E-state index contributed by atoms with van der Waals surface area (Å²) >= 11 is 3.72. The Kier molecular flexibility index (Phi) is 8.45. The van der Waals surface area contributed by atoms with E-state index in [2.05, 4.69) is 17.4 Å². The number of ether oxygens (including phenoxy) is 1. The van der Waals surface area contributed by atoms with E-state index in [9.17, 15) is 25.2 Å². The Morgan fingerprint density at radius 3 is 2.05 bits per heavy atom. The van der Waals surface area contributed by atoms with E-state index in [4.69, 9.17) is 15.9 Å². The van der Waals surface area contributed by atoms with Gasteiger partial charge in [-0.05, 0) is 0 Å². The zero-order valence-electron chi connectivity index (χ0n) is 9.90. The van der Waals surface area contributed by atoms with Crippen LogP contribution in [0.2, 0.25) is 0 Å². The maximum atomic E-state index is 11.2. The van der Waals surface area contributed by atoms with Crippen molar-refractivity contribution < 1.29 is 40.2 Å². The third-order valence-electron chi connectivity index (χ3n) is 2.31. The van der Waals surface area contributed by atoms with Crippen molar-refractivity contribution in [1.82, 2.24) is 0 Å². The molecule has 114 valence electrons. The van der Waals surface area contributed by atoms with E-state index in [0.29, 0.717) is 0 Å². The van der Waals surface area contributed by atoms with Crippen molar-refractivity contribution in [1.29, 1.82) is 0 Å². The van der Waals surface area contributed by atoms with E-state index in [1.54, 1.807) is 0 Å². The van der Waals surface area contributed by atoms with E-state index < -0.39 is 49.3 Å². The van der Waals surface area contributed by atoms with Gasteiger partial charge in [-0.1, -0.05) is 0 Å². The SMILES string of the molecule is N[C@@H](CS)C(=O)OC(O)[C@@H](O)[C@@H](O)[C@H](O)[C@H](O)CO. The number of thiol groups is 1. The van der Waals surface area contributed by atoms with E-state index in [1.165, 1.54) is 0 Å². The topological polar surface area (TPSA) is 174 Å². The van der Waals surface area contributed by atoms with Gasteiger partial charge in [-0.15, -0.1) is 0 Å². The number of hydrogen-bond donors (Lipinski definition) is 8. The Morgan fingerprint density at radius 2 is 1.63 bits per heavy atom. The first-order chi connectivity index (χ1) is 8.76. The molecule has 0 aromatic heterocycles. The quantitative estimate of drug-likeness (QED) is 0.125. The lowest BCUT2D eigenvalue weighted by molar-refractivity contribution is -0.214. The Hall–Kier alpha value is -0.460. The van der Waals surface area contributed by atoms with Crippen LogP contribution in [-0.2, 0) is 9.53 Å². The smallest absolute Gasteiger partial charge is 0.326 e. The second kappa shape index (κ2) is 8.66. The number of hydrogen-bond acceptors (Lipinski definition) is 10. The minimum atomic E-state index is -2.16. The molecule has 0 spiro atoms. The van der Waals surface area contributed by atoms with Crippen LogP contribution in [0.15, 0.2) is 0 Å². The summed E-state index contributed by atoms with van der Waals surface area (Å²) in [5, 5.41) is 55.0. The van der Waals surface area contributed by atoms with Crippen LogP contribution < -0.4 is 5.73 Å². The summed E-state index contributed by atoms with van der Waals surface area (Å²) in [6.07, 6.45) is -9.96. The molecule has 0 aliphatic carbocycles. The zero-order chi connectivity index (χ0) is 15.2. The molecule has 6 atom stereocenters. The molecule has 0 aromatic rings. The van der Waals surface area contributed by atoms with Gasteiger partial charge in [0.15, 0.2) is 0 Å². The summed E-state index contributed by atoms with van der Waals surface area (Å²) in [6, 6.07) is -1.13. The lowest BCUT2D eigenvalue weighted by Crippen LogP contribution is -2.51. The molecule has 1 unspecified atom stereocenters. The molecule has 0 amide bonds. The number of rotatable bonds is 8. The van der Waals surface area contributed by atoms with E-state index >= 15 is 0 Å². The second-order valence-corrected chi connectivity index (χ2v) is 4.20. The van der Waals surface area contributed by atoms with Crippen LogP contribution in [0.25, 0.3) is 0 Å². The molecule has 9 nitrogen and oxygen atoms in total. The van der Waals surface area contributed by atoms with Crippen molar-refractivity contribution in [2.24, 2.45) is 5.73 Å². The molecule has 0 heterocycles. The summed E-state index contributed by atoms with van der Waals surface area (Å²) in [4.78, 5) is 11.2. The molecule has 0 aromatic carbocycles. The lowest BCUT2D eigenvalue weighted by atomic mass is 10.0. The fraction of sp³-hybridized carbons (Fsp3) is 0.889. The van der Waals surface area contributed by atoms with Crippen molar-refractivity contribution in [3.8, 4) is 0 Å². The summed E-state index contributed by atoms with van der Waals surface area (Å²) in [5.74, 6) is -1.12. The molecule has 0 saturated heterocycles. The number of aliphatic hydroxyl groups excluding tert-OH is 6. The Labute approximate surface area is 114 Å². The molecule has 0 radical (unpaired) electrons. The first-order valence-electron chi connectivity index (χ1n) is 5.34. The van der Waals surface area contributed by atoms with Crippen LogP contribution in [0.5, 0.6) is 0 Å². The summed E-state index contributed by atoms with van der Waals surface area (Å²) < 4.78 is 4.33. The average Bonchev–Trinajstić information content (AvgIpc) is 2.42. The van der Waals surface area contributed by atoms with Crippen molar-refractivity contribution in [3.05, 3.63) is 0 Å². The van der Waals surface area contributed by atoms with Gasteiger partial charge >= 0.3 is 5.97 Å². The molecule has 19 heavy (non-hydrogen) atoms. The fourth-order valence-electron chi connectivity index (χ4n) is 1.06. The van der Waals surface area contributed by atoms with Crippen LogP contribution in [-0.4, -0.2) is 85.7 Å². The van der Waals surface area contributed by atoms with Crippen LogP contribution in [0.3, 0.4) is 0 Å². The highest BCUT2D eigenvalue weighted by Crippen LogP contribution is 2.10. The standard InChI is InChI=1S/C9H19NO8S/c10-3(2-19)8(16)18-9(17)7(15)6(14)5(13)4(12)1-11/h3-7,9,11-15,17,19H,1-2,10H2/t3-,4+,5+,6-,7-,9?/m0/s1. The van der Waals surface area contributed by atoms with Gasteiger partial charge in [0.05, 0.1) is 6.61 Å². The van der Waals surface area contributed by atoms with Crippen LogP contribution >= 0.6 is 12.6 Å². The highest BCUT2D eigenvalue weighted by atomic mass is 32.1. The molecule has 0 bridgehead atoms. The Balaban J connectivity index is 4.47. The van der Waals surface area contributed by atoms with E-state index in [-0.39, 0.29) is 5.75 Å². The van der Waals surface area contributed by atoms with Gasteiger partial charge in [0.25, 0.3) is 0 Å². The largest absolute Gasteiger partial charge is 0.432 e. The fourth-order valence-corrected chi connectivity index (χ4v) is 1.21. The van der Waals surface area contributed by atoms with Crippen LogP contribution in [0.1, 0.15) is 0 Å². The number of esters is 1. The second-order valence-electron chi connectivity index (χ2n) is 3.84. The summed E-state index contributed by atoms with van der Waals surface area (Å²) in [5.41, 5.74) is 5.24. The Morgan fingerprint density at radius 1 is 1.11 bits per heavy atom. The number of nitrogens with two attached hydrogens (primary N) is 1. The maximum Gasteiger partial charge on any atom is 0.326 e. The lowest BCUT2D eigenvalue weighted by Gasteiger charge is -2.28. The number of carbonyl (C=O) groups excluding carboxylic acids is 1. The zero-order valence-corrected chi connectivity index (χ0v) is 10.8. The van der Waals surface area contributed by atoms with Gasteiger partial charge in [0.2, 0.25) is 6.29 Å². The van der Waals surface area contributed by atoms with Crippen LogP contribution in [0, 0.1) is 0 Å². The average molecular weight is 301 g/mol. The summed E-state index contributed by atoms with van der Waals surface area (Å²) in [7, 11) is 0. The molecule has 0 fully saturated rings. The molecule has 0 rings (SSSR count). The monoisotopic (exact) mass is 301 g/mol. The molecule has 0 aliphatic rings. The van der Waals surface area contributed by atoms with E-state index in [1.807, 2.05) is 0 Å². The number of carbonyl (C=O) groups is 1. The highest BCUT2D eigenvalue weighted by Gasteiger charge is 2.36. The predicted octanol–water partition coefficient (Wildman–Crippen LogP) is -4.46. The van der Waals surface area contributed by atoms with Crippen molar-refractivity contribution >= 4 is 18.6 Å². The third kappa shape index (κ3) is 5.58. The highest BCUT2D eigenvalue weighted by molar-refractivity contribution is 7.80. The van der Waals surface area contributed by atoms with Crippen molar-refractivity contribution in [2.45, 2.75) is 36.7 Å². The molecule has 0 saturated carbocycles. The predicted molar refractivity (Wildman–Crippen MR) is 65.0 cm³/mol. The van der Waals surface area contributed by atoms with Crippen LogP contribution in [0.4, 0.5) is 0 Å². The van der Waals surface area contributed by atoms with Crippen molar-refractivity contribution in [3.63, 3.8) is 0 Å². The maximum absolute atomic E-state index is 11.2. The molecular formula is C9H19NO8S. The molecule has 10 heteroatoms. The minimum Gasteiger partial charge on any atom is -0.432 e. The van der Waals surface area contributed by atoms with Gasteiger partial charge in [0.1, 0.15) is 30.5 Å². The van der Waals surface area contributed by atoms with E-state index in [0.717, 1.165) is 0 Å². The summed E-state index contributed by atoms with van der Waals surface area (Å²) in [6.45, 7) is -0.870. The van der Waals surface area contributed by atoms with Crippen molar-refractivity contribution in [2.75, 3.05) is 12.4 Å².